The minimum absolute atomic E-state index is 0.0345. The molecule has 0 aliphatic carbocycles. The smallest absolute Gasteiger partial charge is 0.106 e. The van der Waals surface area contributed by atoms with E-state index in [0.717, 1.165) is 34.9 Å². The molecule has 3 N–H and O–H groups in total. The van der Waals surface area contributed by atoms with Crippen LogP contribution in [0.2, 0.25) is 0 Å². The van der Waals surface area contributed by atoms with E-state index in [1.807, 2.05) is 32.5 Å². The van der Waals surface area contributed by atoms with Crippen LogP contribution in [0.1, 0.15) is 40.1 Å². The van der Waals surface area contributed by atoms with E-state index >= 15 is 0 Å². The maximum Gasteiger partial charge on any atom is 0.106 e. The molecule has 2 aromatic heterocycles. The van der Waals surface area contributed by atoms with Gasteiger partial charge in [0.25, 0.3) is 0 Å². The van der Waals surface area contributed by atoms with E-state index in [0.29, 0.717) is 0 Å². The first-order valence-corrected chi connectivity index (χ1v) is 6.46. The van der Waals surface area contributed by atoms with E-state index < -0.39 is 0 Å². The lowest BCUT2D eigenvalue weighted by atomic mass is 9.98. The van der Waals surface area contributed by atoms with Gasteiger partial charge in [-0.25, -0.2) is 0 Å². The first-order valence-electron chi connectivity index (χ1n) is 6.46. The maximum absolute atomic E-state index is 5.74. The molecule has 19 heavy (non-hydrogen) atoms. The number of rotatable bonds is 4. The lowest BCUT2D eigenvalue weighted by Crippen LogP contribution is -2.30. The summed E-state index contributed by atoms with van der Waals surface area (Å²) in [6.45, 7) is 8.02. The zero-order valence-electron chi connectivity index (χ0n) is 12.2. The van der Waals surface area contributed by atoms with Crippen LogP contribution in [0.5, 0.6) is 0 Å². The summed E-state index contributed by atoms with van der Waals surface area (Å²) in [5, 5.41) is 4.37. The fourth-order valence-electron chi connectivity index (χ4n) is 2.63. The monoisotopic (exact) mass is 262 g/mol. The van der Waals surface area contributed by atoms with Gasteiger partial charge in [0, 0.05) is 24.7 Å². The molecule has 5 heteroatoms. The van der Waals surface area contributed by atoms with Crippen LogP contribution in [-0.2, 0) is 13.5 Å². The number of aryl methyl sites for hydroxylation is 4. The highest BCUT2D eigenvalue weighted by molar-refractivity contribution is 5.35. The van der Waals surface area contributed by atoms with Crippen LogP contribution in [0.3, 0.4) is 0 Å². The van der Waals surface area contributed by atoms with E-state index in [-0.39, 0.29) is 6.04 Å². The van der Waals surface area contributed by atoms with Gasteiger partial charge < -0.3 is 4.42 Å². The molecule has 1 atom stereocenters. The number of nitrogens with one attached hydrogen (secondary N) is 1. The third-order valence-electron chi connectivity index (χ3n) is 3.68. The summed E-state index contributed by atoms with van der Waals surface area (Å²) in [5.41, 5.74) is 7.38. The van der Waals surface area contributed by atoms with Gasteiger partial charge >= 0.3 is 0 Å². The minimum atomic E-state index is 0.0345. The standard InChI is InChI=1S/C14H22N4O/c1-8-6-12(18(5)17-8)7-13(16-15)14-9(2)10(3)19-11(14)4/h6,13,16H,7,15H2,1-5H3. The van der Waals surface area contributed by atoms with Gasteiger partial charge in [0.1, 0.15) is 11.5 Å². The third-order valence-corrected chi connectivity index (χ3v) is 3.68. The normalized spacial score (nSPS) is 12.9. The molecular weight excluding hydrogens is 240 g/mol. The quantitative estimate of drug-likeness (QED) is 0.653. The second-order valence-electron chi connectivity index (χ2n) is 5.08. The summed E-state index contributed by atoms with van der Waals surface area (Å²) in [6.07, 6.45) is 0.786. The summed E-state index contributed by atoms with van der Waals surface area (Å²) in [4.78, 5) is 0. The number of hydrogen-bond donors (Lipinski definition) is 2. The average molecular weight is 262 g/mol. The van der Waals surface area contributed by atoms with Crippen molar-refractivity contribution < 1.29 is 4.42 Å². The average Bonchev–Trinajstić information content (AvgIpc) is 2.77. The molecule has 0 fully saturated rings. The van der Waals surface area contributed by atoms with E-state index in [2.05, 4.69) is 23.5 Å². The van der Waals surface area contributed by atoms with Gasteiger partial charge in [0.2, 0.25) is 0 Å². The molecule has 0 bridgehead atoms. The third kappa shape index (κ3) is 2.57. The van der Waals surface area contributed by atoms with E-state index in [4.69, 9.17) is 10.3 Å². The van der Waals surface area contributed by atoms with Crippen molar-refractivity contribution in [3.8, 4) is 0 Å². The Morgan fingerprint density at radius 1 is 1.32 bits per heavy atom. The predicted octanol–water partition coefficient (Wildman–Crippen LogP) is 1.99. The molecule has 0 radical (unpaired) electrons. The van der Waals surface area contributed by atoms with Gasteiger partial charge in [0.05, 0.1) is 11.7 Å². The van der Waals surface area contributed by atoms with Crippen molar-refractivity contribution in [1.82, 2.24) is 15.2 Å². The highest BCUT2D eigenvalue weighted by atomic mass is 16.3. The summed E-state index contributed by atoms with van der Waals surface area (Å²) >= 11 is 0. The molecular formula is C14H22N4O. The number of nitrogens with zero attached hydrogens (tertiary/aromatic N) is 2. The highest BCUT2D eigenvalue weighted by Crippen LogP contribution is 2.28. The minimum Gasteiger partial charge on any atom is -0.466 e. The Morgan fingerprint density at radius 3 is 2.42 bits per heavy atom. The largest absolute Gasteiger partial charge is 0.466 e. The van der Waals surface area contributed by atoms with Crippen molar-refractivity contribution >= 4 is 0 Å². The first-order chi connectivity index (χ1) is 8.93. The molecule has 0 amide bonds. The predicted molar refractivity (Wildman–Crippen MR) is 74.6 cm³/mol. The number of furan rings is 1. The van der Waals surface area contributed by atoms with Crippen LogP contribution >= 0.6 is 0 Å². The summed E-state index contributed by atoms with van der Waals surface area (Å²) in [6, 6.07) is 2.12. The Morgan fingerprint density at radius 2 is 2.00 bits per heavy atom. The molecule has 0 spiro atoms. The zero-order valence-corrected chi connectivity index (χ0v) is 12.2. The number of hydrogen-bond acceptors (Lipinski definition) is 4. The van der Waals surface area contributed by atoms with Crippen LogP contribution in [0, 0.1) is 27.7 Å². The van der Waals surface area contributed by atoms with Crippen LogP contribution < -0.4 is 11.3 Å². The Balaban J connectivity index is 2.33. The second-order valence-corrected chi connectivity index (χ2v) is 5.08. The van der Waals surface area contributed by atoms with Gasteiger partial charge in [-0.05, 0) is 39.3 Å². The lowest BCUT2D eigenvalue weighted by molar-refractivity contribution is 0.480. The van der Waals surface area contributed by atoms with Crippen LogP contribution in [-0.4, -0.2) is 9.78 Å². The van der Waals surface area contributed by atoms with Gasteiger partial charge in [-0.15, -0.1) is 0 Å². The van der Waals surface area contributed by atoms with Crippen molar-refractivity contribution in [2.45, 2.75) is 40.2 Å². The van der Waals surface area contributed by atoms with Crippen LogP contribution in [0.25, 0.3) is 0 Å². The van der Waals surface area contributed by atoms with Crippen LogP contribution in [0.15, 0.2) is 10.5 Å². The topological polar surface area (TPSA) is 69.0 Å². The van der Waals surface area contributed by atoms with Gasteiger partial charge in [-0.3, -0.25) is 16.0 Å². The SMILES string of the molecule is Cc1cc(CC(NN)c2c(C)oc(C)c2C)n(C)n1. The molecule has 2 heterocycles. The second kappa shape index (κ2) is 5.19. The van der Waals surface area contributed by atoms with Crippen molar-refractivity contribution in [2.75, 3.05) is 0 Å². The van der Waals surface area contributed by atoms with Crippen molar-refractivity contribution in [3.05, 3.63) is 40.1 Å². The van der Waals surface area contributed by atoms with Crippen molar-refractivity contribution in [3.63, 3.8) is 0 Å². The Bertz CT molecular complexity index is 583. The number of aromatic nitrogens is 2. The Labute approximate surface area is 113 Å². The van der Waals surface area contributed by atoms with Crippen molar-refractivity contribution in [2.24, 2.45) is 12.9 Å². The van der Waals surface area contributed by atoms with Crippen LogP contribution in [0.4, 0.5) is 0 Å². The molecule has 0 aliphatic rings. The number of nitrogens with two attached hydrogens (primary N) is 1. The molecule has 0 saturated heterocycles. The molecule has 1 unspecified atom stereocenters. The van der Waals surface area contributed by atoms with E-state index in [1.54, 1.807) is 0 Å². The van der Waals surface area contributed by atoms with Gasteiger partial charge in [-0.2, -0.15) is 5.10 Å². The zero-order chi connectivity index (χ0) is 14.2. The first kappa shape index (κ1) is 13.8. The van der Waals surface area contributed by atoms with E-state index in [1.165, 1.54) is 5.56 Å². The van der Waals surface area contributed by atoms with E-state index in [9.17, 15) is 0 Å². The highest BCUT2D eigenvalue weighted by Gasteiger charge is 2.21. The maximum atomic E-state index is 5.74. The molecule has 2 rings (SSSR count). The van der Waals surface area contributed by atoms with Gasteiger partial charge in [0.15, 0.2) is 0 Å². The Kier molecular flexibility index (Phi) is 3.78. The fourth-order valence-corrected chi connectivity index (χ4v) is 2.63. The summed E-state index contributed by atoms with van der Waals surface area (Å²) in [7, 11) is 1.95. The number of hydrazine groups is 1. The molecule has 0 saturated carbocycles. The molecule has 104 valence electrons. The lowest BCUT2D eigenvalue weighted by Gasteiger charge is -2.16. The molecule has 0 aromatic carbocycles. The molecule has 0 aliphatic heterocycles. The van der Waals surface area contributed by atoms with Crippen molar-refractivity contribution in [1.29, 1.82) is 0 Å². The molecule has 2 aromatic rings. The summed E-state index contributed by atoms with van der Waals surface area (Å²) < 4.78 is 7.58. The summed E-state index contributed by atoms with van der Waals surface area (Å²) in [5.74, 6) is 7.62. The Hall–Kier alpha value is -1.59. The van der Waals surface area contributed by atoms with Gasteiger partial charge in [-0.1, -0.05) is 0 Å². The molecule has 5 nitrogen and oxygen atoms in total. The fraction of sp³-hybridized carbons (Fsp3) is 0.500.